The van der Waals surface area contributed by atoms with E-state index in [2.05, 4.69) is 16.1 Å². The zero-order valence-electron chi connectivity index (χ0n) is 12.9. The van der Waals surface area contributed by atoms with Crippen LogP contribution in [0.3, 0.4) is 0 Å². The van der Waals surface area contributed by atoms with Gasteiger partial charge < -0.3 is 0 Å². The molecule has 1 aromatic heterocycles. The number of aromatic nitrogens is 1. The second kappa shape index (κ2) is 6.46. The molecule has 0 fully saturated rings. The molecule has 5 heteroatoms. The first-order valence-corrected chi connectivity index (χ1v) is 9.39. The predicted molar refractivity (Wildman–Crippen MR) is 92.4 cm³/mol. The highest BCUT2D eigenvalue weighted by Gasteiger charge is 2.14. The fraction of sp³-hybridized carbons (Fsp3) is 0.222. The fourth-order valence-corrected chi connectivity index (χ4v) is 3.24. The van der Waals surface area contributed by atoms with Crippen LogP contribution in [0.2, 0.25) is 0 Å². The van der Waals surface area contributed by atoms with Gasteiger partial charge in [0.1, 0.15) is 0 Å². The van der Waals surface area contributed by atoms with Crippen molar-refractivity contribution in [3.8, 4) is 0 Å². The Labute approximate surface area is 136 Å². The molecule has 2 heterocycles. The van der Waals surface area contributed by atoms with Crippen molar-refractivity contribution in [2.45, 2.75) is 17.7 Å². The lowest BCUT2D eigenvalue weighted by Gasteiger charge is -2.16. The van der Waals surface area contributed by atoms with E-state index >= 15 is 0 Å². The minimum Gasteiger partial charge on any atom is -0.284 e. The molecule has 0 bridgehead atoms. The molecule has 1 aliphatic heterocycles. The summed E-state index contributed by atoms with van der Waals surface area (Å²) >= 11 is 0. The molecule has 0 N–H and O–H groups in total. The van der Waals surface area contributed by atoms with E-state index in [0.717, 1.165) is 41.8 Å². The summed E-state index contributed by atoms with van der Waals surface area (Å²) in [5, 5.41) is 0. The quantitative estimate of drug-likeness (QED) is 0.870. The highest BCUT2D eigenvalue weighted by Crippen LogP contribution is 2.22. The topological polar surface area (TPSA) is 59.4 Å². The minimum absolute atomic E-state index is 0.337. The zero-order valence-corrected chi connectivity index (χ0v) is 13.8. The van der Waals surface area contributed by atoms with Crippen LogP contribution in [-0.4, -0.2) is 31.9 Å². The van der Waals surface area contributed by atoms with Gasteiger partial charge in [-0.25, -0.2) is 8.42 Å². The largest absolute Gasteiger partial charge is 0.284 e. The first kappa shape index (κ1) is 15.6. The molecular weight excluding hydrogens is 308 g/mol. The van der Waals surface area contributed by atoms with E-state index in [1.807, 2.05) is 30.5 Å². The number of hydrogen-bond donors (Lipinski definition) is 0. The number of rotatable bonds is 3. The maximum atomic E-state index is 11.5. The molecule has 3 rings (SSSR count). The van der Waals surface area contributed by atoms with Gasteiger partial charge in [0.05, 0.1) is 10.6 Å². The Bertz CT molecular complexity index is 852. The molecule has 0 amide bonds. The Balaban J connectivity index is 1.94. The predicted octanol–water partition coefficient (Wildman–Crippen LogP) is 3.15. The second-order valence-corrected chi connectivity index (χ2v) is 7.60. The van der Waals surface area contributed by atoms with E-state index < -0.39 is 9.84 Å². The number of hydrogen-bond acceptors (Lipinski definition) is 4. The van der Waals surface area contributed by atoms with Gasteiger partial charge in [-0.1, -0.05) is 12.1 Å². The molecule has 0 saturated heterocycles. The van der Waals surface area contributed by atoms with Crippen molar-refractivity contribution >= 4 is 21.6 Å². The van der Waals surface area contributed by atoms with Gasteiger partial charge in [0.2, 0.25) is 0 Å². The summed E-state index contributed by atoms with van der Waals surface area (Å²) in [4.78, 5) is 9.15. The molecule has 0 aliphatic carbocycles. The van der Waals surface area contributed by atoms with Gasteiger partial charge in [-0.2, -0.15) is 0 Å². The van der Waals surface area contributed by atoms with Crippen LogP contribution in [0.15, 0.2) is 64.3 Å². The lowest BCUT2D eigenvalue weighted by atomic mass is 9.95. The van der Waals surface area contributed by atoms with E-state index in [4.69, 9.17) is 0 Å². The van der Waals surface area contributed by atoms with E-state index in [-0.39, 0.29) is 0 Å². The fourth-order valence-electron chi connectivity index (χ4n) is 2.61. The van der Waals surface area contributed by atoms with Crippen LogP contribution in [0.5, 0.6) is 0 Å². The highest BCUT2D eigenvalue weighted by molar-refractivity contribution is 7.90. The first-order valence-electron chi connectivity index (χ1n) is 7.50. The average Bonchev–Trinajstić information content (AvgIpc) is 2.56. The smallest absolute Gasteiger partial charge is 0.175 e. The monoisotopic (exact) mass is 326 g/mol. The second-order valence-electron chi connectivity index (χ2n) is 5.59. The normalized spacial score (nSPS) is 17.1. The highest BCUT2D eigenvalue weighted by atomic mass is 32.2. The number of nitrogens with zero attached hydrogens (tertiary/aromatic N) is 2. The molecule has 1 aromatic carbocycles. The van der Waals surface area contributed by atoms with Gasteiger partial charge in [-0.3, -0.25) is 9.98 Å². The molecule has 118 valence electrons. The summed E-state index contributed by atoms with van der Waals surface area (Å²) in [7, 11) is -3.16. The van der Waals surface area contributed by atoms with Crippen LogP contribution in [0.4, 0.5) is 0 Å². The van der Waals surface area contributed by atoms with Gasteiger partial charge in [0, 0.05) is 30.8 Å². The first-order chi connectivity index (χ1) is 11.0. The molecule has 0 saturated carbocycles. The summed E-state index contributed by atoms with van der Waals surface area (Å²) in [6.45, 7) is 0.828. The van der Waals surface area contributed by atoms with Crippen LogP contribution in [0, 0.1) is 0 Å². The summed E-state index contributed by atoms with van der Waals surface area (Å²) in [5.41, 5.74) is 4.14. The number of benzene rings is 1. The Morgan fingerprint density at radius 2 is 1.91 bits per heavy atom. The van der Waals surface area contributed by atoms with Crippen molar-refractivity contribution in [3.05, 3.63) is 65.5 Å². The third-order valence-corrected chi connectivity index (χ3v) is 4.89. The Morgan fingerprint density at radius 1 is 1.13 bits per heavy atom. The van der Waals surface area contributed by atoms with Crippen molar-refractivity contribution < 1.29 is 8.42 Å². The van der Waals surface area contributed by atoms with Crippen molar-refractivity contribution in [2.75, 3.05) is 12.8 Å². The van der Waals surface area contributed by atoms with Crippen LogP contribution in [0.25, 0.3) is 6.08 Å². The molecule has 0 atom stereocenters. The SMILES string of the molecule is CS(=O)(=O)c1ccc(C=C2CCCN=C2c2cccnc2)cc1. The maximum Gasteiger partial charge on any atom is 0.175 e. The van der Waals surface area contributed by atoms with Crippen LogP contribution in [-0.2, 0) is 9.84 Å². The lowest BCUT2D eigenvalue weighted by molar-refractivity contribution is 0.602. The summed E-state index contributed by atoms with van der Waals surface area (Å²) in [5.74, 6) is 0. The number of sulfone groups is 1. The van der Waals surface area contributed by atoms with Gasteiger partial charge in [-0.15, -0.1) is 0 Å². The van der Waals surface area contributed by atoms with Crippen molar-refractivity contribution in [2.24, 2.45) is 4.99 Å². The van der Waals surface area contributed by atoms with Gasteiger partial charge in [0.25, 0.3) is 0 Å². The van der Waals surface area contributed by atoms with E-state index in [1.54, 1.807) is 18.3 Å². The maximum absolute atomic E-state index is 11.5. The average molecular weight is 326 g/mol. The summed E-state index contributed by atoms with van der Waals surface area (Å²) in [6, 6.07) is 10.9. The Morgan fingerprint density at radius 3 is 2.57 bits per heavy atom. The van der Waals surface area contributed by atoms with E-state index in [0.29, 0.717) is 4.90 Å². The third kappa shape index (κ3) is 3.74. The number of pyridine rings is 1. The van der Waals surface area contributed by atoms with E-state index in [1.165, 1.54) is 6.26 Å². The molecule has 0 spiro atoms. The molecule has 23 heavy (non-hydrogen) atoms. The van der Waals surface area contributed by atoms with Crippen LogP contribution >= 0.6 is 0 Å². The molecule has 0 unspecified atom stereocenters. The summed E-state index contributed by atoms with van der Waals surface area (Å²) < 4.78 is 23.1. The van der Waals surface area contributed by atoms with Gasteiger partial charge in [0.15, 0.2) is 9.84 Å². The molecule has 4 nitrogen and oxygen atoms in total. The molecule has 0 radical (unpaired) electrons. The van der Waals surface area contributed by atoms with Gasteiger partial charge >= 0.3 is 0 Å². The van der Waals surface area contributed by atoms with Crippen molar-refractivity contribution in [1.82, 2.24) is 4.98 Å². The Kier molecular flexibility index (Phi) is 4.39. The Hall–Kier alpha value is -2.27. The van der Waals surface area contributed by atoms with Crippen LogP contribution in [0.1, 0.15) is 24.0 Å². The lowest BCUT2D eigenvalue weighted by Crippen LogP contribution is -2.11. The third-order valence-electron chi connectivity index (χ3n) is 3.76. The van der Waals surface area contributed by atoms with Crippen molar-refractivity contribution in [1.29, 1.82) is 0 Å². The molecule has 1 aliphatic rings. The van der Waals surface area contributed by atoms with Gasteiger partial charge in [-0.05, 0) is 54.3 Å². The summed E-state index contributed by atoms with van der Waals surface area (Å²) in [6.07, 6.45) is 8.86. The zero-order chi connectivity index (χ0) is 16.3. The standard InChI is InChI=1S/C18H18N2O2S/c1-23(21,22)17-8-6-14(7-9-17)12-15-4-3-11-20-18(15)16-5-2-10-19-13-16/h2,5-10,12-13H,3-4,11H2,1H3. The number of allylic oxidation sites excluding steroid dienone is 1. The molecule has 2 aromatic rings. The minimum atomic E-state index is -3.16. The number of aliphatic imine (C=N–C) groups is 1. The van der Waals surface area contributed by atoms with Crippen molar-refractivity contribution in [3.63, 3.8) is 0 Å². The van der Waals surface area contributed by atoms with E-state index in [9.17, 15) is 8.42 Å². The molecular formula is C18H18N2O2S. The van der Waals surface area contributed by atoms with Crippen LogP contribution < -0.4 is 0 Å².